The lowest BCUT2D eigenvalue weighted by Gasteiger charge is -2.23. The topological polar surface area (TPSA) is 202 Å². The molecule has 0 bridgehead atoms. The highest BCUT2D eigenvalue weighted by Gasteiger charge is 2.25. The number of alkyl halides is 3. The second-order valence-electron chi connectivity index (χ2n) is 18.1. The smallest absolute Gasteiger partial charge is 0.446 e. The molecule has 0 fully saturated rings. The van der Waals surface area contributed by atoms with Crippen LogP contribution >= 0.6 is 0 Å². The molecule has 3 aromatic carbocycles. The fourth-order valence-corrected chi connectivity index (χ4v) is 8.56. The summed E-state index contributed by atoms with van der Waals surface area (Å²) in [6.07, 6.45) is 18.7. The Morgan fingerprint density at radius 1 is 0.675 bits per heavy atom. The molecule has 2 atom stereocenters. The number of furan rings is 2. The Kier molecular flexibility index (Phi) is 22.1. The summed E-state index contributed by atoms with van der Waals surface area (Å²) >= 11 is 0. The molecule has 0 saturated heterocycles. The van der Waals surface area contributed by atoms with E-state index in [1.807, 2.05) is 75.8 Å². The summed E-state index contributed by atoms with van der Waals surface area (Å²) in [5, 5.41) is 20.0. The highest BCUT2D eigenvalue weighted by Crippen LogP contribution is 2.32. The van der Waals surface area contributed by atoms with Crippen molar-refractivity contribution < 1.29 is 47.3 Å². The molecule has 80 heavy (non-hydrogen) atoms. The van der Waals surface area contributed by atoms with Crippen LogP contribution in [0.4, 0.5) is 13.2 Å². The fraction of sp³-hybridized carbons (Fsp3) is 0.279. The third-order valence-corrected chi connectivity index (χ3v) is 12.7. The molecule has 11 rings (SSSR count). The van der Waals surface area contributed by atoms with Gasteiger partial charge < -0.3 is 18.9 Å². The van der Waals surface area contributed by atoms with E-state index in [-0.39, 0.29) is 19.4 Å². The Hall–Kier alpha value is -9.13. The average molecular weight is 1090 g/mol. The minimum absolute atomic E-state index is 0. The van der Waals surface area contributed by atoms with Crippen LogP contribution in [0.25, 0.3) is 22.4 Å². The molecule has 1 N–H and O–H groups in total. The molecule has 2 unspecified atom stereocenters. The maximum atomic E-state index is 12.4. The van der Waals surface area contributed by atoms with Gasteiger partial charge in [-0.25, -0.2) is 19.6 Å². The van der Waals surface area contributed by atoms with Gasteiger partial charge in [0.25, 0.3) is 5.91 Å². The van der Waals surface area contributed by atoms with E-state index in [2.05, 4.69) is 49.8 Å². The number of aldehydes is 1. The van der Waals surface area contributed by atoms with Gasteiger partial charge in [0.15, 0.2) is 11.3 Å². The monoisotopic (exact) mass is 1090 g/mol. The molecule has 2 aliphatic rings. The summed E-state index contributed by atoms with van der Waals surface area (Å²) in [5.74, 6) is 3.25. The van der Waals surface area contributed by atoms with Crippen molar-refractivity contribution in [2.75, 3.05) is 0 Å². The van der Waals surface area contributed by atoms with Gasteiger partial charge in [-0.1, -0.05) is 94.9 Å². The van der Waals surface area contributed by atoms with Gasteiger partial charge in [0.2, 0.25) is 6.29 Å². The largest absolute Gasteiger partial charge is 0.469 e. The van der Waals surface area contributed by atoms with Gasteiger partial charge in [-0.3, -0.25) is 18.4 Å². The number of aromatic nitrogens is 8. The number of allylic oxidation sites excluding steroid dienone is 3. The van der Waals surface area contributed by atoms with Crippen LogP contribution in [0, 0.1) is 5.92 Å². The molecule has 19 heteroatoms. The van der Waals surface area contributed by atoms with Crippen molar-refractivity contribution >= 4 is 46.6 Å². The van der Waals surface area contributed by atoms with Crippen molar-refractivity contribution in [1.29, 1.82) is 0 Å². The van der Waals surface area contributed by atoms with Crippen LogP contribution < -0.4 is 5.32 Å². The zero-order chi connectivity index (χ0) is 56.7. The highest BCUT2D eigenvalue weighted by atomic mass is 19.4. The quantitative estimate of drug-likeness (QED) is 0.0688. The van der Waals surface area contributed by atoms with Crippen LogP contribution in [0.3, 0.4) is 0 Å². The van der Waals surface area contributed by atoms with Crippen molar-refractivity contribution in [3.05, 3.63) is 216 Å². The summed E-state index contributed by atoms with van der Waals surface area (Å²) < 4.78 is 57.0. The van der Waals surface area contributed by atoms with Crippen molar-refractivity contribution in [3.63, 3.8) is 0 Å². The van der Waals surface area contributed by atoms with Crippen LogP contribution in [0.2, 0.25) is 0 Å². The van der Waals surface area contributed by atoms with E-state index in [1.54, 1.807) is 92.8 Å². The van der Waals surface area contributed by atoms with E-state index in [9.17, 15) is 27.6 Å². The summed E-state index contributed by atoms with van der Waals surface area (Å²) in [4.78, 5) is 53.7. The minimum atomic E-state index is -4.64. The maximum absolute atomic E-state index is 12.4. The number of hydrogen-bond acceptors (Lipinski definition) is 13. The first-order chi connectivity index (χ1) is 38.8. The van der Waals surface area contributed by atoms with Gasteiger partial charge >= 0.3 is 18.1 Å². The molecule has 6 aromatic heterocycles. The number of benzene rings is 3. The molecule has 0 aliphatic heterocycles. The van der Waals surface area contributed by atoms with E-state index in [4.69, 9.17) is 24.7 Å². The molecule has 1 amide bonds. The summed E-state index contributed by atoms with van der Waals surface area (Å²) in [5.41, 5.74) is 7.82. The van der Waals surface area contributed by atoms with Gasteiger partial charge in [-0.05, 0) is 116 Å². The first kappa shape index (κ1) is 58.6. The van der Waals surface area contributed by atoms with E-state index in [0.29, 0.717) is 23.6 Å². The van der Waals surface area contributed by atoms with Crippen LogP contribution in [0.1, 0.15) is 133 Å². The number of nitrogens with one attached hydrogen (secondary N) is 1. The van der Waals surface area contributed by atoms with Crippen LogP contribution in [0.5, 0.6) is 0 Å². The summed E-state index contributed by atoms with van der Waals surface area (Å²) in [6, 6.07) is 34.0. The Morgan fingerprint density at radius 3 is 1.50 bits per heavy atom. The van der Waals surface area contributed by atoms with Gasteiger partial charge in [-0.15, -0.1) is 20.4 Å². The van der Waals surface area contributed by atoms with Gasteiger partial charge in [0.1, 0.15) is 35.8 Å². The van der Waals surface area contributed by atoms with Crippen molar-refractivity contribution in [1.82, 2.24) is 44.5 Å². The molecule has 416 valence electrons. The Bertz CT molecular complexity index is 3390. The lowest BCUT2D eigenvalue weighted by atomic mass is 9.88. The minimum Gasteiger partial charge on any atom is -0.469 e. The van der Waals surface area contributed by atoms with E-state index in [1.165, 1.54) is 17.6 Å². The van der Waals surface area contributed by atoms with Crippen LogP contribution in [0.15, 0.2) is 174 Å². The number of carbonyl (C=O) groups is 4. The SMILES string of the molecule is C.CC1CC=C(c2cnc(CCc3ccco3)n3cnnc23)CC1.O=C(NC1CC=C(c2cnc(CCc3ccco3)n3cnnc23)CC1)c1ccccc1.O=C(OC(=O)c1ccccc1)c1ccccc1.O=CC(F)(F)F.[2H]CC. The van der Waals surface area contributed by atoms with E-state index in [0.717, 1.165) is 109 Å². The van der Waals surface area contributed by atoms with Crippen molar-refractivity contribution in [3.8, 4) is 0 Å². The molecule has 2 aliphatic carbocycles. The lowest BCUT2D eigenvalue weighted by Crippen LogP contribution is -2.35. The lowest BCUT2D eigenvalue weighted by molar-refractivity contribution is -0.156. The van der Waals surface area contributed by atoms with E-state index < -0.39 is 24.4 Å². The fourth-order valence-electron chi connectivity index (χ4n) is 8.56. The Balaban J connectivity index is 0.000000187. The van der Waals surface area contributed by atoms with Crippen LogP contribution in [-0.2, 0) is 35.2 Å². The number of fused-ring (bicyclic) bond motifs is 2. The third kappa shape index (κ3) is 17.2. The van der Waals surface area contributed by atoms with Gasteiger partial charge in [0.05, 0.1) is 23.7 Å². The number of hydrogen-bond donors (Lipinski definition) is 1. The Morgan fingerprint density at radius 2 is 1.11 bits per heavy atom. The third-order valence-electron chi connectivity index (χ3n) is 12.7. The molecule has 9 aromatic rings. The zero-order valence-electron chi connectivity index (χ0n) is 44.7. The highest BCUT2D eigenvalue weighted by molar-refractivity contribution is 6.02. The number of halogens is 3. The standard InChI is InChI=1S/C24H23N5O2.C18H20N4O.C14H10O3.C2HF3O.C2H6.CH4/c30-24(18-5-2-1-3-6-18)27-19-10-8-17(9-11-19)21-15-25-22(29-16-26-28-23(21)29)13-12-20-7-4-14-31-20;1-13-4-6-14(7-5-13)16-11-19-17(22-12-20-21-18(16)22)9-8-15-3-2-10-23-15;15-13(11-7-3-1-4-8-11)17-14(16)12-9-5-2-6-10-12;3-2(4,5)1-6;1-2;/h1-8,14-16,19H,9-13H2,(H,27,30);2-3,6,10-13H,4-5,7-9H2,1H3;1-10H;1H;1-2H3;1H4/i;;;;1D;. The predicted octanol–water partition coefficient (Wildman–Crippen LogP) is 12.7. The zero-order valence-corrected chi connectivity index (χ0v) is 43.7. The molecule has 0 saturated carbocycles. The summed E-state index contributed by atoms with van der Waals surface area (Å²) in [6.45, 7) is 4.59. The van der Waals surface area contributed by atoms with Crippen molar-refractivity contribution in [2.45, 2.75) is 105 Å². The predicted molar refractivity (Wildman–Crippen MR) is 297 cm³/mol. The maximum Gasteiger partial charge on any atom is 0.446 e. The molecule has 0 radical (unpaired) electrons. The normalized spacial score (nSPS) is 14.7. The number of ether oxygens (including phenoxy) is 1. The molecule has 0 spiro atoms. The molecule has 16 nitrogen and oxygen atoms in total. The number of carbonyl (C=O) groups excluding carboxylic acids is 4. The number of rotatable bonds is 12. The number of amides is 1. The number of nitrogens with zero attached hydrogens (tertiary/aromatic N) is 8. The second kappa shape index (κ2) is 30.1. The second-order valence-corrected chi connectivity index (χ2v) is 18.1. The van der Waals surface area contributed by atoms with Gasteiger partial charge in [-0.2, -0.15) is 13.2 Å². The molecule has 6 heterocycles. The summed E-state index contributed by atoms with van der Waals surface area (Å²) in [7, 11) is 0. The first-order valence-corrected chi connectivity index (χ1v) is 25.7. The Labute approximate surface area is 463 Å². The molecular weight excluding hydrogens is 1030 g/mol. The van der Waals surface area contributed by atoms with Gasteiger partial charge in [0, 0.05) is 62.2 Å². The first-order valence-electron chi connectivity index (χ1n) is 26.4. The number of esters is 2. The number of aryl methyl sites for hydroxylation is 4. The van der Waals surface area contributed by atoms with E-state index >= 15 is 0 Å². The molecular formula is C61H64F3N9O7. The average Bonchev–Trinajstić information content (AvgIpc) is 4.44. The van der Waals surface area contributed by atoms with Crippen molar-refractivity contribution in [2.24, 2.45) is 5.92 Å². The van der Waals surface area contributed by atoms with Crippen LogP contribution in [-0.4, -0.2) is 75.5 Å².